The number of carbonyl (C=O) groups excluding carboxylic acids is 2. The van der Waals surface area contributed by atoms with Crippen molar-refractivity contribution in [1.82, 2.24) is 10.2 Å². The molecule has 2 amide bonds. The van der Waals surface area contributed by atoms with Crippen molar-refractivity contribution in [2.45, 2.75) is 19.1 Å². The van der Waals surface area contributed by atoms with Crippen molar-refractivity contribution in [2.24, 2.45) is 0 Å². The fraction of sp³-hybridized carbons (Fsp3) is 0.444. The van der Waals surface area contributed by atoms with Crippen LogP contribution in [0, 0.1) is 0 Å². The summed E-state index contributed by atoms with van der Waals surface area (Å²) in [5.41, 5.74) is 1.47. The lowest BCUT2D eigenvalue weighted by atomic mass is 10.1. The summed E-state index contributed by atoms with van der Waals surface area (Å²) in [4.78, 5) is 25.1. The summed E-state index contributed by atoms with van der Waals surface area (Å²) in [5.74, 6) is -0.815. The van der Waals surface area contributed by atoms with Crippen molar-refractivity contribution in [3.63, 3.8) is 0 Å². The minimum absolute atomic E-state index is 0.0480. The molecule has 1 aromatic carbocycles. The normalized spacial score (nSPS) is 16.3. The predicted octanol–water partition coefficient (Wildman–Crippen LogP) is 1.67. The Balaban J connectivity index is 1.79. The minimum Gasteiger partial charge on any atom is -0.352 e. The van der Waals surface area contributed by atoms with Gasteiger partial charge in [-0.25, -0.2) is 0 Å². The first kappa shape index (κ1) is 18.2. The molecule has 130 valence electrons. The van der Waals surface area contributed by atoms with Gasteiger partial charge in [-0.2, -0.15) is 0 Å². The van der Waals surface area contributed by atoms with Gasteiger partial charge >= 0.3 is 0 Å². The van der Waals surface area contributed by atoms with E-state index in [9.17, 15) is 9.59 Å². The Hall–Kier alpha value is -2.18. The van der Waals surface area contributed by atoms with Crippen LogP contribution in [0.3, 0.4) is 0 Å². The number of amides is 2. The zero-order valence-electron chi connectivity index (χ0n) is 14.4. The molecule has 1 fully saturated rings. The monoisotopic (exact) mass is 332 g/mol. The van der Waals surface area contributed by atoms with Crippen LogP contribution in [0.2, 0.25) is 0 Å². The van der Waals surface area contributed by atoms with Crippen LogP contribution < -0.4 is 5.32 Å². The van der Waals surface area contributed by atoms with E-state index >= 15 is 0 Å². The minimum atomic E-state index is -0.591. The summed E-state index contributed by atoms with van der Waals surface area (Å²) in [6, 6.07) is 7.11. The van der Waals surface area contributed by atoms with Gasteiger partial charge in [0.25, 0.3) is 5.91 Å². The third-order valence-corrected chi connectivity index (χ3v) is 3.77. The van der Waals surface area contributed by atoms with E-state index < -0.39 is 5.79 Å². The molecule has 0 radical (unpaired) electrons. The molecule has 1 aromatic rings. The van der Waals surface area contributed by atoms with Gasteiger partial charge < -0.3 is 19.7 Å². The van der Waals surface area contributed by atoms with Gasteiger partial charge in [-0.1, -0.05) is 12.1 Å². The molecule has 24 heavy (non-hydrogen) atoms. The first-order chi connectivity index (χ1) is 11.4. The van der Waals surface area contributed by atoms with E-state index in [0.717, 1.165) is 5.56 Å². The number of benzene rings is 1. The Labute approximate surface area is 142 Å². The summed E-state index contributed by atoms with van der Waals surface area (Å²) in [7, 11) is 3.42. The second-order valence-electron chi connectivity index (χ2n) is 6.03. The van der Waals surface area contributed by atoms with Crippen LogP contribution in [0.1, 0.15) is 29.3 Å². The van der Waals surface area contributed by atoms with E-state index in [1.54, 1.807) is 32.3 Å². The van der Waals surface area contributed by atoms with Crippen LogP contribution in [0.4, 0.5) is 0 Å². The first-order valence-electron chi connectivity index (χ1n) is 7.95. The summed E-state index contributed by atoms with van der Waals surface area (Å²) < 4.78 is 11.0. The molecule has 0 spiro atoms. The highest BCUT2D eigenvalue weighted by atomic mass is 16.7. The lowest BCUT2D eigenvalue weighted by molar-refractivity contribution is -0.146. The van der Waals surface area contributed by atoms with Gasteiger partial charge in [-0.3, -0.25) is 9.59 Å². The summed E-state index contributed by atoms with van der Waals surface area (Å²) in [6.45, 7) is 3.54. The predicted molar refractivity (Wildman–Crippen MR) is 91.4 cm³/mol. The zero-order chi connectivity index (χ0) is 17.6. The molecule has 1 heterocycles. The number of hydrogen-bond donors (Lipinski definition) is 1. The Bertz CT molecular complexity index is 602. The highest BCUT2D eigenvalue weighted by Crippen LogP contribution is 2.21. The van der Waals surface area contributed by atoms with Gasteiger partial charge in [0.2, 0.25) is 5.91 Å². The Kier molecular flexibility index (Phi) is 6.11. The van der Waals surface area contributed by atoms with E-state index in [1.807, 2.05) is 19.1 Å². The average molecular weight is 332 g/mol. The molecular formula is C18H24N2O4. The Morgan fingerprint density at radius 3 is 2.42 bits per heavy atom. The topological polar surface area (TPSA) is 67.9 Å². The van der Waals surface area contributed by atoms with Crippen molar-refractivity contribution < 1.29 is 19.1 Å². The fourth-order valence-electron chi connectivity index (χ4n) is 2.34. The zero-order valence-corrected chi connectivity index (χ0v) is 14.4. The molecule has 0 aromatic heterocycles. The van der Waals surface area contributed by atoms with Crippen LogP contribution in [0.5, 0.6) is 0 Å². The SMILES string of the molecule is CN(C)C(=O)c1ccc(/C=C/C(=O)NCCC2(C)OCCO2)cc1. The number of ether oxygens (including phenoxy) is 2. The van der Waals surface area contributed by atoms with E-state index in [-0.39, 0.29) is 11.8 Å². The van der Waals surface area contributed by atoms with Crippen molar-refractivity contribution in [1.29, 1.82) is 0 Å². The summed E-state index contributed by atoms with van der Waals surface area (Å²) in [5, 5.41) is 2.80. The van der Waals surface area contributed by atoms with Gasteiger partial charge in [-0.05, 0) is 30.7 Å². The molecule has 0 unspecified atom stereocenters. The largest absolute Gasteiger partial charge is 0.352 e. The number of rotatable bonds is 6. The molecule has 1 aliphatic rings. The molecule has 6 nitrogen and oxygen atoms in total. The molecule has 0 saturated carbocycles. The molecule has 2 rings (SSSR count). The second kappa shape index (κ2) is 8.08. The molecule has 1 N–H and O–H groups in total. The molecule has 0 aliphatic carbocycles. The maximum Gasteiger partial charge on any atom is 0.253 e. The van der Waals surface area contributed by atoms with Crippen molar-refractivity contribution >= 4 is 17.9 Å². The van der Waals surface area contributed by atoms with E-state index in [0.29, 0.717) is 31.7 Å². The van der Waals surface area contributed by atoms with Crippen LogP contribution in [0.15, 0.2) is 30.3 Å². The van der Waals surface area contributed by atoms with Gasteiger partial charge in [0, 0.05) is 38.7 Å². The third-order valence-electron chi connectivity index (χ3n) is 3.77. The van der Waals surface area contributed by atoms with E-state index in [4.69, 9.17) is 9.47 Å². The average Bonchev–Trinajstić information content (AvgIpc) is 2.99. The fourth-order valence-corrected chi connectivity index (χ4v) is 2.34. The summed E-state index contributed by atoms with van der Waals surface area (Å²) in [6.07, 6.45) is 3.79. The molecule has 0 atom stereocenters. The van der Waals surface area contributed by atoms with E-state index in [2.05, 4.69) is 5.32 Å². The molecule has 0 bridgehead atoms. The molecular weight excluding hydrogens is 308 g/mol. The summed E-state index contributed by atoms with van der Waals surface area (Å²) >= 11 is 0. The van der Waals surface area contributed by atoms with Crippen molar-refractivity contribution in [3.8, 4) is 0 Å². The van der Waals surface area contributed by atoms with Crippen LogP contribution in [0.25, 0.3) is 6.08 Å². The van der Waals surface area contributed by atoms with Crippen LogP contribution in [-0.4, -0.2) is 56.4 Å². The first-order valence-corrected chi connectivity index (χ1v) is 7.95. The highest BCUT2D eigenvalue weighted by molar-refractivity contribution is 5.94. The van der Waals surface area contributed by atoms with Gasteiger partial charge in [0.05, 0.1) is 13.2 Å². The quantitative estimate of drug-likeness (QED) is 0.805. The van der Waals surface area contributed by atoms with E-state index in [1.165, 1.54) is 11.0 Å². The van der Waals surface area contributed by atoms with Gasteiger partial charge in [-0.15, -0.1) is 0 Å². The third kappa shape index (κ3) is 5.18. The van der Waals surface area contributed by atoms with Crippen molar-refractivity contribution in [2.75, 3.05) is 33.9 Å². The van der Waals surface area contributed by atoms with Gasteiger partial charge in [0.1, 0.15) is 0 Å². The highest BCUT2D eigenvalue weighted by Gasteiger charge is 2.30. The number of carbonyl (C=O) groups is 2. The molecule has 1 aliphatic heterocycles. The number of nitrogens with zero attached hydrogens (tertiary/aromatic N) is 1. The number of nitrogens with one attached hydrogen (secondary N) is 1. The lowest BCUT2D eigenvalue weighted by Crippen LogP contribution is -2.32. The smallest absolute Gasteiger partial charge is 0.253 e. The Morgan fingerprint density at radius 1 is 1.21 bits per heavy atom. The second-order valence-corrected chi connectivity index (χ2v) is 6.03. The molecule has 1 saturated heterocycles. The maximum absolute atomic E-state index is 11.8. The van der Waals surface area contributed by atoms with Crippen LogP contribution in [-0.2, 0) is 14.3 Å². The maximum atomic E-state index is 11.8. The lowest BCUT2D eigenvalue weighted by Gasteiger charge is -2.21. The Morgan fingerprint density at radius 2 is 1.83 bits per heavy atom. The number of hydrogen-bond acceptors (Lipinski definition) is 4. The van der Waals surface area contributed by atoms with Gasteiger partial charge in [0.15, 0.2) is 5.79 Å². The standard InChI is InChI=1S/C18H24N2O4/c1-18(23-12-13-24-18)10-11-19-16(21)9-6-14-4-7-15(8-5-14)17(22)20(2)3/h4-9H,10-13H2,1-3H3,(H,19,21)/b9-6+. The molecule has 6 heteroatoms. The van der Waals surface area contributed by atoms with Crippen LogP contribution >= 0.6 is 0 Å². The van der Waals surface area contributed by atoms with Crippen molar-refractivity contribution in [3.05, 3.63) is 41.5 Å².